The van der Waals surface area contributed by atoms with E-state index in [1.165, 1.54) is 0 Å². The Morgan fingerprint density at radius 3 is 2.84 bits per heavy atom. The second kappa shape index (κ2) is 6.62. The number of anilines is 1. The molecule has 1 aliphatic heterocycles. The van der Waals surface area contributed by atoms with Crippen LogP contribution < -0.4 is 4.90 Å². The molecular formula is C13H18IN3O2. The number of aliphatic hydroxyl groups is 1. The van der Waals surface area contributed by atoms with Crippen molar-refractivity contribution in [1.29, 1.82) is 0 Å². The van der Waals surface area contributed by atoms with Gasteiger partial charge in [-0.1, -0.05) is 0 Å². The molecule has 1 N–H and O–H groups in total. The second-order valence-electron chi connectivity index (χ2n) is 4.78. The Balaban J connectivity index is 2.06. The average molecular weight is 375 g/mol. The maximum atomic E-state index is 12.1. The summed E-state index contributed by atoms with van der Waals surface area (Å²) in [6.07, 6.45) is 1.87. The van der Waals surface area contributed by atoms with Crippen molar-refractivity contribution in [2.24, 2.45) is 0 Å². The summed E-state index contributed by atoms with van der Waals surface area (Å²) in [5, 5.41) is 9.42. The maximum Gasteiger partial charge on any atom is 0.228 e. The van der Waals surface area contributed by atoms with Crippen molar-refractivity contribution >= 4 is 34.2 Å². The minimum Gasteiger partial charge on any atom is -0.392 e. The molecule has 0 spiro atoms. The normalized spacial score (nSPS) is 19.3. The molecule has 19 heavy (non-hydrogen) atoms. The van der Waals surface area contributed by atoms with E-state index in [0.717, 1.165) is 15.9 Å². The van der Waals surface area contributed by atoms with Crippen LogP contribution in [0.15, 0.2) is 18.3 Å². The highest BCUT2D eigenvalue weighted by atomic mass is 127. The number of hydrogen-bond acceptors (Lipinski definition) is 4. The van der Waals surface area contributed by atoms with Gasteiger partial charge in [-0.3, -0.25) is 9.69 Å². The molecule has 0 aliphatic carbocycles. The summed E-state index contributed by atoms with van der Waals surface area (Å²) < 4.78 is 0.916. The summed E-state index contributed by atoms with van der Waals surface area (Å²) in [4.78, 5) is 20.3. The minimum absolute atomic E-state index is 0.121. The lowest BCUT2D eigenvalue weighted by molar-refractivity contribution is -0.118. The van der Waals surface area contributed by atoms with Crippen molar-refractivity contribution in [3.63, 3.8) is 0 Å². The molecular weight excluding hydrogens is 357 g/mol. The summed E-state index contributed by atoms with van der Waals surface area (Å²) >= 11 is 2.15. The number of hydrogen-bond donors (Lipinski definition) is 1. The molecule has 2 heterocycles. The van der Waals surface area contributed by atoms with Gasteiger partial charge in [-0.25, -0.2) is 4.98 Å². The predicted octanol–water partition coefficient (Wildman–Crippen LogP) is 1.11. The Hall–Kier alpha value is -0.730. The number of carbonyl (C=O) groups is 1. The molecule has 1 aromatic rings. The molecule has 0 saturated carbocycles. The third-order valence-electron chi connectivity index (χ3n) is 3.13. The van der Waals surface area contributed by atoms with E-state index in [1.807, 2.05) is 12.1 Å². The van der Waals surface area contributed by atoms with Gasteiger partial charge in [0.1, 0.15) is 3.70 Å². The average Bonchev–Trinajstić information content (AvgIpc) is 2.53. The smallest absolute Gasteiger partial charge is 0.228 e. The van der Waals surface area contributed by atoms with Crippen LogP contribution in [0.4, 0.5) is 5.69 Å². The fourth-order valence-corrected chi connectivity index (χ4v) is 2.54. The standard InChI is InChI=1S/C13H18IN3O2/c1-10(18)9-16-5-4-13(19)17(7-6-16)11-2-3-12(14)15-8-11/h2-3,8,10,18H,4-7,9H2,1H3/t10-/m0/s1. The predicted molar refractivity (Wildman–Crippen MR) is 82.0 cm³/mol. The van der Waals surface area contributed by atoms with Gasteiger partial charge in [-0.2, -0.15) is 0 Å². The molecule has 2 rings (SSSR count). The Morgan fingerprint density at radius 1 is 1.42 bits per heavy atom. The van der Waals surface area contributed by atoms with Gasteiger partial charge in [0.2, 0.25) is 5.91 Å². The first-order chi connectivity index (χ1) is 9.06. The van der Waals surface area contributed by atoms with Crippen LogP contribution in [0.5, 0.6) is 0 Å². The van der Waals surface area contributed by atoms with Crippen molar-refractivity contribution in [2.75, 3.05) is 31.1 Å². The van der Waals surface area contributed by atoms with Crippen LogP contribution in [-0.4, -0.2) is 53.2 Å². The zero-order chi connectivity index (χ0) is 13.8. The quantitative estimate of drug-likeness (QED) is 0.635. The molecule has 104 valence electrons. The van der Waals surface area contributed by atoms with E-state index in [4.69, 9.17) is 0 Å². The van der Waals surface area contributed by atoms with Crippen LogP contribution in [-0.2, 0) is 4.79 Å². The molecule has 1 fully saturated rings. The third kappa shape index (κ3) is 4.12. The molecule has 1 saturated heterocycles. The second-order valence-corrected chi connectivity index (χ2v) is 5.89. The van der Waals surface area contributed by atoms with E-state index >= 15 is 0 Å². The highest BCUT2D eigenvalue weighted by Gasteiger charge is 2.22. The summed E-state index contributed by atoms with van der Waals surface area (Å²) in [6.45, 7) is 4.52. The first-order valence-electron chi connectivity index (χ1n) is 6.38. The van der Waals surface area contributed by atoms with Crippen LogP contribution in [0.2, 0.25) is 0 Å². The monoisotopic (exact) mass is 375 g/mol. The fraction of sp³-hybridized carbons (Fsp3) is 0.538. The van der Waals surface area contributed by atoms with Crippen molar-refractivity contribution in [3.8, 4) is 0 Å². The molecule has 0 bridgehead atoms. The number of nitrogens with zero attached hydrogens (tertiary/aromatic N) is 3. The number of halogens is 1. The van der Waals surface area contributed by atoms with Gasteiger partial charge >= 0.3 is 0 Å². The summed E-state index contributed by atoms with van der Waals surface area (Å²) in [5.41, 5.74) is 0.851. The van der Waals surface area contributed by atoms with Crippen molar-refractivity contribution in [3.05, 3.63) is 22.0 Å². The number of aromatic nitrogens is 1. The van der Waals surface area contributed by atoms with Crippen LogP contribution in [0.25, 0.3) is 0 Å². The van der Waals surface area contributed by atoms with Gasteiger partial charge in [0, 0.05) is 32.6 Å². The van der Waals surface area contributed by atoms with Gasteiger partial charge in [-0.05, 0) is 41.6 Å². The highest BCUT2D eigenvalue weighted by molar-refractivity contribution is 14.1. The number of β-amino-alcohol motifs (C(OH)–C–C–N with tert-alkyl or cyclic N) is 1. The maximum absolute atomic E-state index is 12.1. The van der Waals surface area contributed by atoms with Crippen LogP contribution in [0.3, 0.4) is 0 Å². The van der Waals surface area contributed by atoms with Crippen LogP contribution in [0.1, 0.15) is 13.3 Å². The lowest BCUT2D eigenvalue weighted by Gasteiger charge is -2.22. The Morgan fingerprint density at radius 2 is 2.21 bits per heavy atom. The molecule has 0 radical (unpaired) electrons. The lowest BCUT2D eigenvalue weighted by atomic mass is 10.3. The first kappa shape index (κ1) is 14.7. The van der Waals surface area contributed by atoms with Gasteiger partial charge in [0.15, 0.2) is 0 Å². The Kier molecular flexibility index (Phi) is 5.12. The summed E-state index contributed by atoms with van der Waals surface area (Å²) in [6, 6.07) is 3.83. The first-order valence-corrected chi connectivity index (χ1v) is 7.46. The van der Waals surface area contributed by atoms with Crippen LogP contribution >= 0.6 is 22.6 Å². The molecule has 1 aromatic heterocycles. The Bertz CT molecular complexity index is 436. The topological polar surface area (TPSA) is 56.7 Å². The van der Waals surface area contributed by atoms with E-state index in [2.05, 4.69) is 32.5 Å². The van der Waals surface area contributed by atoms with Crippen molar-refractivity contribution in [2.45, 2.75) is 19.4 Å². The summed E-state index contributed by atoms with van der Waals surface area (Å²) in [7, 11) is 0. The van der Waals surface area contributed by atoms with Crippen molar-refractivity contribution < 1.29 is 9.90 Å². The number of amides is 1. The molecule has 1 amide bonds. The molecule has 5 nitrogen and oxygen atoms in total. The van der Waals surface area contributed by atoms with Gasteiger partial charge in [0.25, 0.3) is 0 Å². The summed E-state index contributed by atoms with van der Waals surface area (Å²) in [5.74, 6) is 0.121. The highest BCUT2D eigenvalue weighted by Crippen LogP contribution is 2.17. The number of rotatable bonds is 3. The SMILES string of the molecule is C[C@H](O)CN1CCC(=O)N(c2ccc(I)nc2)CC1. The van der Waals surface area contributed by atoms with E-state index in [-0.39, 0.29) is 12.0 Å². The number of pyridine rings is 1. The molecule has 0 aromatic carbocycles. The number of carbonyl (C=O) groups excluding carboxylic acids is 1. The molecule has 1 aliphatic rings. The van der Waals surface area contributed by atoms with Gasteiger partial charge in [0.05, 0.1) is 18.0 Å². The van der Waals surface area contributed by atoms with Crippen molar-refractivity contribution in [1.82, 2.24) is 9.88 Å². The van der Waals surface area contributed by atoms with Gasteiger partial charge < -0.3 is 10.0 Å². The van der Waals surface area contributed by atoms with E-state index in [9.17, 15) is 9.90 Å². The van der Waals surface area contributed by atoms with Crippen LogP contribution in [0, 0.1) is 3.70 Å². The molecule has 6 heteroatoms. The van der Waals surface area contributed by atoms with E-state index in [0.29, 0.717) is 26.1 Å². The Labute approximate surface area is 126 Å². The van der Waals surface area contributed by atoms with E-state index < -0.39 is 0 Å². The molecule has 0 unspecified atom stereocenters. The zero-order valence-electron chi connectivity index (χ0n) is 10.9. The fourth-order valence-electron chi connectivity index (χ4n) is 2.22. The number of aliphatic hydroxyl groups excluding tert-OH is 1. The minimum atomic E-state index is -0.360. The zero-order valence-corrected chi connectivity index (χ0v) is 13.1. The van der Waals surface area contributed by atoms with Gasteiger partial charge in [-0.15, -0.1) is 0 Å². The third-order valence-corrected chi connectivity index (χ3v) is 3.77. The lowest BCUT2D eigenvalue weighted by Crippen LogP contribution is -2.35. The molecule has 1 atom stereocenters. The largest absolute Gasteiger partial charge is 0.392 e. The van der Waals surface area contributed by atoms with E-state index in [1.54, 1.807) is 18.0 Å².